The van der Waals surface area contributed by atoms with Crippen LogP contribution in [0.2, 0.25) is 0 Å². The van der Waals surface area contributed by atoms with Gasteiger partial charge in [-0.15, -0.1) is 0 Å². The molecular formula is C12H25NO2. The van der Waals surface area contributed by atoms with Gasteiger partial charge in [0.2, 0.25) is 0 Å². The van der Waals surface area contributed by atoms with Crippen LogP contribution >= 0.6 is 0 Å². The van der Waals surface area contributed by atoms with Crippen LogP contribution in [0, 0.1) is 5.92 Å². The maximum absolute atomic E-state index is 8.48. The molecule has 0 radical (unpaired) electrons. The first-order valence-corrected chi connectivity index (χ1v) is 6.33. The number of aliphatic hydroxyl groups excluding tert-OH is 1. The van der Waals surface area contributed by atoms with E-state index in [1.165, 1.54) is 38.5 Å². The Bertz CT molecular complexity index is 136. The summed E-state index contributed by atoms with van der Waals surface area (Å²) in [5.74, 6) is 1.01. The molecule has 1 saturated carbocycles. The Morgan fingerprint density at radius 1 is 1.13 bits per heavy atom. The number of hydrogen-bond acceptors (Lipinski definition) is 3. The molecule has 0 aliphatic heterocycles. The second kappa shape index (κ2) is 9.13. The van der Waals surface area contributed by atoms with E-state index in [9.17, 15) is 0 Å². The Morgan fingerprint density at radius 3 is 2.67 bits per heavy atom. The molecule has 0 unspecified atom stereocenters. The van der Waals surface area contributed by atoms with Crippen molar-refractivity contribution in [1.82, 2.24) is 5.32 Å². The number of nitrogens with one attached hydrogen (secondary N) is 1. The summed E-state index contributed by atoms with van der Waals surface area (Å²) < 4.78 is 5.15. The van der Waals surface area contributed by atoms with Gasteiger partial charge >= 0.3 is 0 Å². The zero-order valence-corrected chi connectivity index (χ0v) is 9.71. The van der Waals surface area contributed by atoms with E-state index in [-0.39, 0.29) is 6.61 Å². The molecule has 1 fully saturated rings. The van der Waals surface area contributed by atoms with Crippen molar-refractivity contribution in [2.45, 2.75) is 38.5 Å². The summed E-state index contributed by atoms with van der Waals surface area (Å²) in [4.78, 5) is 0. The first-order chi connectivity index (χ1) is 7.43. The van der Waals surface area contributed by atoms with Crippen molar-refractivity contribution in [3.8, 4) is 0 Å². The van der Waals surface area contributed by atoms with Crippen LogP contribution in [0.3, 0.4) is 0 Å². The average Bonchev–Trinajstić information content (AvgIpc) is 2.75. The normalized spacial score (nSPS) is 17.4. The molecule has 3 heteroatoms. The Hall–Kier alpha value is -0.120. The first-order valence-electron chi connectivity index (χ1n) is 6.33. The fourth-order valence-electron chi connectivity index (χ4n) is 2.25. The molecule has 0 heterocycles. The monoisotopic (exact) mass is 215 g/mol. The van der Waals surface area contributed by atoms with Crippen molar-refractivity contribution >= 4 is 0 Å². The molecule has 0 amide bonds. The van der Waals surface area contributed by atoms with Gasteiger partial charge in [0.1, 0.15) is 0 Å². The topological polar surface area (TPSA) is 41.5 Å². The maximum Gasteiger partial charge on any atom is 0.0698 e. The van der Waals surface area contributed by atoms with E-state index in [0.29, 0.717) is 13.2 Å². The van der Waals surface area contributed by atoms with Crippen molar-refractivity contribution < 1.29 is 9.84 Å². The Kier molecular flexibility index (Phi) is 7.88. The van der Waals surface area contributed by atoms with E-state index in [2.05, 4.69) is 5.32 Å². The molecule has 0 aromatic heterocycles. The lowest BCUT2D eigenvalue weighted by Gasteiger charge is -2.09. The molecule has 15 heavy (non-hydrogen) atoms. The molecule has 2 N–H and O–H groups in total. The highest BCUT2D eigenvalue weighted by Crippen LogP contribution is 2.28. The van der Waals surface area contributed by atoms with Crippen LogP contribution in [0.15, 0.2) is 0 Å². The summed E-state index contributed by atoms with van der Waals surface area (Å²) in [5, 5.41) is 11.8. The molecule has 0 atom stereocenters. The van der Waals surface area contributed by atoms with Crippen molar-refractivity contribution in [3.63, 3.8) is 0 Å². The third-order valence-electron chi connectivity index (χ3n) is 3.10. The minimum atomic E-state index is 0.127. The van der Waals surface area contributed by atoms with Crippen molar-refractivity contribution in [3.05, 3.63) is 0 Å². The van der Waals surface area contributed by atoms with Crippen molar-refractivity contribution in [2.24, 2.45) is 5.92 Å². The third-order valence-corrected chi connectivity index (χ3v) is 3.10. The number of ether oxygens (including phenoxy) is 1. The van der Waals surface area contributed by atoms with Gasteiger partial charge < -0.3 is 15.2 Å². The number of aliphatic hydroxyl groups is 1. The lowest BCUT2D eigenvalue weighted by molar-refractivity contribution is 0.0939. The molecule has 0 aromatic carbocycles. The SMILES string of the molecule is OCCOCCNCCCC1CCCC1. The molecule has 1 aliphatic carbocycles. The summed E-state index contributed by atoms with van der Waals surface area (Å²) in [5.41, 5.74) is 0. The van der Waals surface area contributed by atoms with E-state index in [1.54, 1.807) is 0 Å². The minimum absolute atomic E-state index is 0.127. The van der Waals surface area contributed by atoms with Crippen LogP contribution < -0.4 is 5.32 Å². The van der Waals surface area contributed by atoms with E-state index < -0.39 is 0 Å². The van der Waals surface area contributed by atoms with Gasteiger partial charge in [0.05, 0.1) is 19.8 Å². The van der Waals surface area contributed by atoms with Crippen molar-refractivity contribution in [2.75, 3.05) is 32.9 Å². The molecular weight excluding hydrogens is 190 g/mol. The van der Waals surface area contributed by atoms with E-state index >= 15 is 0 Å². The van der Waals surface area contributed by atoms with Gasteiger partial charge in [-0.05, 0) is 25.3 Å². The van der Waals surface area contributed by atoms with Gasteiger partial charge in [0.15, 0.2) is 0 Å². The molecule has 3 nitrogen and oxygen atoms in total. The van der Waals surface area contributed by atoms with E-state index in [4.69, 9.17) is 9.84 Å². The summed E-state index contributed by atoms with van der Waals surface area (Å²) in [6, 6.07) is 0. The molecule has 1 rings (SSSR count). The lowest BCUT2D eigenvalue weighted by Crippen LogP contribution is -2.21. The average molecular weight is 215 g/mol. The molecule has 0 spiro atoms. The van der Waals surface area contributed by atoms with Gasteiger partial charge in [-0.3, -0.25) is 0 Å². The second-order valence-electron chi connectivity index (χ2n) is 4.38. The van der Waals surface area contributed by atoms with Crippen molar-refractivity contribution in [1.29, 1.82) is 0 Å². The van der Waals surface area contributed by atoms with Crippen LogP contribution in [0.1, 0.15) is 38.5 Å². The highest BCUT2D eigenvalue weighted by Gasteiger charge is 2.13. The smallest absolute Gasteiger partial charge is 0.0698 e. The van der Waals surface area contributed by atoms with Crippen LogP contribution in [0.25, 0.3) is 0 Å². The summed E-state index contributed by atoms with van der Waals surface area (Å²) in [6.45, 7) is 3.32. The minimum Gasteiger partial charge on any atom is -0.394 e. The highest BCUT2D eigenvalue weighted by atomic mass is 16.5. The van der Waals surface area contributed by atoms with E-state index in [0.717, 1.165) is 19.0 Å². The van der Waals surface area contributed by atoms with Crippen LogP contribution in [-0.2, 0) is 4.74 Å². The van der Waals surface area contributed by atoms with Crippen LogP contribution in [-0.4, -0.2) is 38.0 Å². The molecule has 1 aliphatic rings. The molecule has 0 saturated heterocycles. The fourth-order valence-corrected chi connectivity index (χ4v) is 2.25. The zero-order valence-electron chi connectivity index (χ0n) is 9.71. The number of hydrogen-bond donors (Lipinski definition) is 2. The second-order valence-corrected chi connectivity index (χ2v) is 4.38. The fraction of sp³-hybridized carbons (Fsp3) is 1.00. The Balaban J connectivity index is 1.73. The van der Waals surface area contributed by atoms with Crippen LogP contribution in [0.5, 0.6) is 0 Å². The summed E-state index contributed by atoms with van der Waals surface area (Å²) in [6.07, 6.45) is 8.51. The molecule has 90 valence electrons. The highest BCUT2D eigenvalue weighted by molar-refractivity contribution is 4.67. The van der Waals surface area contributed by atoms with Gasteiger partial charge in [0, 0.05) is 6.54 Å². The van der Waals surface area contributed by atoms with Gasteiger partial charge in [0.25, 0.3) is 0 Å². The van der Waals surface area contributed by atoms with E-state index in [1.807, 2.05) is 0 Å². The van der Waals surface area contributed by atoms with Gasteiger partial charge in [-0.2, -0.15) is 0 Å². The standard InChI is InChI=1S/C12H25NO2/c14-9-11-15-10-8-13-7-3-6-12-4-1-2-5-12/h12-14H,1-11H2. The van der Waals surface area contributed by atoms with Gasteiger partial charge in [-0.25, -0.2) is 0 Å². The third kappa shape index (κ3) is 6.88. The Morgan fingerprint density at radius 2 is 1.93 bits per heavy atom. The van der Waals surface area contributed by atoms with Gasteiger partial charge in [-0.1, -0.05) is 25.7 Å². The maximum atomic E-state index is 8.48. The zero-order chi connectivity index (χ0) is 10.8. The largest absolute Gasteiger partial charge is 0.394 e. The first kappa shape index (κ1) is 12.9. The number of rotatable bonds is 9. The summed E-state index contributed by atoms with van der Waals surface area (Å²) >= 11 is 0. The predicted molar refractivity (Wildman–Crippen MR) is 62.0 cm³/mol. The molecule has 0 bridgehead atoms. The summed E-state index contributed by atoms with van der Waals surface area (Å²) in [7, 11) is 0. The molecule has 0 aromatic rings. The Labute approximate surface area is 93.2 Å². The van der Waals surface area contributed by atoms with Crippen LogP contribution in [0.4, 0.5) is 0 Å². The predicted octanol–water partition coefficient (Wildman–Crippen LogP) is 1.56. The quantitative estimate of drug-likeness (QED) is 0.573. The lowest BCUT2D eigenvalue weighted by atomic mass is 10.0.